The van der Waals surface area contributed by atoms with Crippen molar-refractivity contribution in [3.05, 3.63) is 0 Å². The third-order valence-electron chi connectivity index (χ3n) is 3.53. The highest BCUT2D eigenvalue weighted by Crippen LogP contribution is 2.28. The van der Waals surface area contributed by atoms with Gasteiger partial charge in [-0.15, -0.1) is 0 Å². The Bertz CT molecular complexity index is 259. The Balaban J connectivity index is 2.29. The number of carbonyl (C=O) groups excluding carboxylic acids is 1. The molecule has 0 spiro atoms. The Morgan fingerprint density at radius 1 is 1.21 bits per heavy atom. The van der Waals surface area contributed by atoms with Crippen LogP contribution in [0.3, 0.4) is 0 Å². The molecule has 0 radical (unpaired) electrons. The molecule has 1 aliphatic carbocycles. The van der Waals surface area contributed by atoms with E-state index in [-0.39, 0.29) is 17.7 Å². The average Bonchev–Trinajstić information content (AvgIpc) is 2.37. The van der Waals surface area contributed by atoms with Gasteiger partial charge in [-0.05, 0) is 26.7 Å². The van der Waals surface area contributed by atoms with Gasteiger partial charge in [0, 0.05) is 25.2 Å². The Kier molecular flexibility index (Phi) is 7.34. The Morgan fingerprint density at radius 2 is 1.79 bits per heavy atom. The largest absolute Gasteiger partial charge is 0.351 e. The molecule has 0 atom stereocenters. The van der Waals surface area contributed by atoms with E-state index < -0.39 is 0 Å². The van der Waals surface area contributed by atoms with E-state index in [4.69, 9.17) is 15.2 Å². The normalized spacial score (nSPS) is 18.5. The van der Waals surface area contributed by atoms with Gasteiger partial charge >= 0.3 is 0 Å². The van der Waals surface area contributed by atoms with Crippen molar-refractivity contribution in [1.29, 1.82) is 0 Å². The summed E-state index contributed by atoms with van der Waals surface area (Å²) in [7, 11) is 0. The molecule has 0 unspecified atom stereocenters. The fourth-order valence-corrected chi connectivity index (χ4v) is 2.55. The molecule has 1 fully saturated rings. The van der Waals surface area contributed by atoms with Crippen molar-refractivity contribution in [3.63, 3.8) is 0 Å². The summed E-state index contributed by atoms with van der Waals surface area (Å²) in [5.41, 5.74) is 5.95. The van der Waals surface area contributed by atoms with Crippen LogP contribution >= 0.6 is 0 Å². The molecule has 1 amide bonds. The smallest absolute Gasteiger partial charge is 0.222 e. The molecular formula is C14H28N2O3. The van der Waals surface area contributed by atoms with Crippen LogP contribution in [0.4, 0.5) is 0 Å². The zero-order chi connectivity index (χ0) is 14.1. The molecular weight excluding hydrogens is 244 g/mol. The second-order valence-electron chi connectivity index (χ2n) is 5.24. The monoisotopic (exact) mass is 272 g/mol. The van der Waals surface area contributed by atoms with Gasteiger partial charge in [0.2, 0.25) is 5.91 Å². The summed E-state index contributed by atoms with van der Waals surface area (Å²) in [4.78, 5) is 11.9. The van der Waals surface area contributed by atoms with Crippen LogP contribution in [0.25, 0.3) is 0 Å². The van der Waals surface area contributed by atoms with E-state index in [1.807, 2.05) is 13.8 Å². The summed E-state index contributed by atoms with van der Waals surface area (Å²) in [6.07, 6.45) is 5.42. The quantitative estimate of drug-likeness (QED) is 0.658. The van der Waals surface area contributed by atoms with Crippen LogP contribution in [0.5, 0.6) is 0 Å². The predicted molar refractivity (Wildman–Crippen MR) is 74.7 cm³/mol. The minimum absolute atomic E-state index is 0.00574. The third-order valence-corrected chi connectivity index (χ3v) is 3.53. The predicted octanol–water partition coefficient (Wildman–Crippen LogP) is 1.55. The molecule has 1 aliphatic rings. The minimum atomic E-state index is -0.362. The van der Waals surface area contributed by atoms with E-state index >= 15 is 0 Å². The maximum Gasteiger partial charge on any atom is 0.222 e. The Hall–Kier alpha value is -0.650. The molecule has 1 saturated carbocycles. The van der Waals surface area contributed by atoms with Gasteiger partial charge in [0.25, 0.3) is 0 Å². The highest BCUT2D eigenvalue weighted by Gasteiger charge is 2.30. The highest BCUT2D eigenvalue weighted by molar-refractivity contribution is 5.77. The molecule has 112 valence electrons. The van der Waals surface area contributed by atoms with Gasteiger partial charge in [0.05, 0.1) is 6.54 Å². The first-order chi connectivity index (χ1) is 9.09. The number of hydrogen-bond acceptors (Lipinski definition) is 4. The van der Waals surface area contributed by atoms with Crippen molar-refractivity contribution in [2.24, 2.45) is 5.73 Å². The zero-order valence-electron chi connectivity index (χ0n) is 12.2. The lowest BCUT2D eigenvalue weighted by molar-refractivity contribution is -0.141. The van der Waals surface area contributed by atoms with Crippen molar-refractivity contribution >= 4 is 5.91 Å². The first-order valence-corrected chi connectivity index (χ1v) is 7.38. The fourth-order valence-electron chi connectivity index (χ4n) is 2.55. The Labute approximate surface area is 116 Å². The average molecular weight is 272 g/mol. The van der Waals surface area contributed by atoms with E-state index in [9.17, 15) is 4.79 Å². The first-order valence-electron chi connectivity index (χ1n) is 7.38. The van der Waals surface area contributed by atoms with Gasteiger partial charge in [-0.25, -0.2) is 0 Å². The summed E-state index contributed by atoms with van der Waals surface area (Å²) in [5, 5.41) is 2.86. The molecule has 19 heavy (non-hydrogen) atoms. The molecule has 0 heterocycles. The molecule has 0 aliphatic heterocycles. The lowest BCUT2D eigenvalue weighted by atomic mass is 9.80. The lowest BCUT2D eigenvalue weighted by Gasteiger charge is -2.32. The number of nitrogens with two attached hydrogens (primary N) is 1. The number of rotatable bonds is 8. The second-order valence-corrected chi connectivity index (χ2v) is 5.24. The van der Waals surface area contributed by atoms with Crippen molar-refractivity contribution in [1.82, 2.24) is 5.32 Å². The molecule has 3 N–H and O–H groups in total. The van der Waals surface area contributed by atoms with Crippen molar-refractivity contribution in [2.45, 2.75) is 64.2 Å². The van der Waals surface area contributed by atoms with Gasteiger partial charge in [-0.2, -0.15) is 0 Å². The molecule has 1 rings (SSSR count). The van der Waals surface area contributed by atoms with E-state index in [1.165, 1.54) is 6.42 Å². The Morgan fingerprint density at radius 3 is 2.32 bits per heavy atom. The van der Waals surface area contributed by atoms with Crippen LogP contribution in [-0.4, -0.2) is 37.5 Å². The van der Waals surface area contributed by atoms with E-state index in [2.05, 4.69) is 5.32 Å². The van der Waals surface area contributed by atoms with E-state index in [1.54, 1.807) is 0 Å². The third kappa shape index (κ3) is 6.36. The summed E-state index contributed by atoms with van der Waals surface area (Å²) in [5.74, 6) is -0.00574. The van der Waals surface area contributed by atoms with Crippen molar-refractivity contribution in [2.75, 3.05) is 19.8 Å². The van der Waals surface area contributed by atoms with E-state index in [0.717, 1.165) is 25.7 Å². The number of hydrogen-bond donors (Lipinski definition) is 2. The summed E-state index contributed by atoms with van der Waals surface area (Å²) < 4.78 is 10.8. The number of ether oxygens (including phenoxy) is 2. The van der Waals surface area contributed by atoms with Gasteiger partial charge in [0.1, 0.15) is 0 Å². The molecule has 0 aromatic heterocycles. The molecule has 0 aromatic rings. The standard InChI is InChI=1S/C14H28N2O3/c1-3-18-13(19-4-2)11-16-12(17)10-14(15)8-6-5-7-9-14/h13H,3-11,15H2,1-2H3,(H,16,17). The van der Waals surface area contributed by atoms with Crippen molar-refractivity contribution < 1.29 is 14.3 Å². The maximum atomic E-state index is 11.9. The number of carbonyl (C=O) groups is 1. The fraction of sp³-hybridized carbons (Fsp3) is 0.929. The molecule has 0 aromatic carbocycles. The first kappa shape index (κ1) is 16.4. The van der Waals surface area contributed by atoms with E-state index in [0.29, 0.717) is 26.2 Å². The molecule has 0 bridgehead atoms. The van der Waals surface area contributed by atoms with Gasteiger partial charge in [-0.1, -0.05) is 19.3 Å². The lowest BCUT2D eigenvalue weighted by Crippen LogP contribution is -2.47. The molecule has 0 saturated heterocycles. The van der Waals surface area contributed by atoms with Crippen LogP contribution in [0.15, 0.2) is 0 Å². The van der Waals surface area contributed by atoms with Crippen molar-refractivity contribution in [3.8, 4) is 0 Å². The summed E-state index contributed by atoms with van der Waals surface area (Å²) >= 11 is 0. The van der Waals surface area contributed by atoms with Gasteiger partial charge < -0.3 is 20.5 Å². The van der Waals surface area contributed by atoms with Gasteiger partial charge in [-0.3, -0.25) is 4.79 Å². The van der Waals surface area contributed by atoms with Crippen LogP contribution in [0.1, 0.15) is 52.4 Å². The number of amides is 1. The maximum absolute atomic E-state index is 11.9. The van der Waals surface area contributed by atoms with Crippen LogP contribution < -0.4 is 11.1 Å². The summed E-state index contributed by atoms with van der Waals surface area (Å²) in [6.45, 7) is 5.34. The zero-order valence-corrected chi connectivity index (χ0v) is 12.2. The van der Waals surface area contributed by atoms with Crippen LogP contribution in [0.2, 0.25) is 0 Å². The van der Waals surface area contributed by atoms with Gasteiger partial charge in [0.15, 0.2) is 6.29 Å². The SMILES string of the molecule is CCOC(CNC(=O)CC1(N)CCCCC1)OCC. The molecule has 5 heteroatoms. The van der Waals surface area contributed by atoms with Crippen LogP contribution in [-0.2, 0) is 14.3 Å². The van der Waals surface area contributed by atoms with Crippen LogP contribution in [0, 0.1) is 0 Å². The second kappa shape index (κ2) is 8.51. The molecule has 5 nitrogen and oxygen atoms in total. The summed E-state index contributed by atoms with van der Waals surface area (Å²) in [6, 6.07) is 0. The number of nitrogens with one attached hydrogen (secondary N) is 1. The minimum Gasteiger partial charge on any atom is -0.351 e. The highest BCUT2D eigenvalue weighted by atomic mass is 16.7. The topological polar surface area (TPSA) is 73.6 Å².